The predicted octanol–water partition coefficient (Wildman–Crippen LogP) is 3.77. The second-order valence-corrected chi connectivity index (χ2v) is 4.67. The fourth-order valence-electron chi connectivity index (χ4n) is 1.71. The van der Waals surface area contributed by atoms with Gasteiger partial charge in [-0.1, -0.05) is 18.2 Å². The predicted molar refractivity (Wildman–Crippen MR) is 72.9 cm³/mol. The van der Waals surface area contributed by atoms with E-state index in [0.29, 0.717) is 5.69 Å². The molecule has 0 bridgehead atoms. The number of para-hydroxylation sites is 1. The number of hydrogen-bond acceptors (Lipinski definition) is 2. The number of amides is 1. The van der Waals surface area contributed by atoms with Crippen molar-refractivity contribution in [3.63, 3.8) is 0 Å². The van der Waals surface area contributed by atoms with Crippen LogP contribution in [0.4, 0.5) is 10.1 Å². The summed E-state index contributed by atoms with van der Waals surface area (Å²) in [6.07, 6.45) is 2.37. The summed E-state index contributed by atoms with van der Waals surface area (Å²) in [5.41, 5.74) is 1.31. The zero-order valence-electron chi connectivity index (χ0n) is 10.2. The Labute approximate surface area is 115 Å². The molecule has 1 unspecified atom stereocenters. The molecule has 0 aliphatic heterocycles. The minimum Gasteiger partial charge on any atom is -0.322 e. The fourth-order valence-corrected chi connectivity index (χ4v) is 1.90. The van der Waals surface area contributed by atoms with Crippen LogP contribution in [-0.2, 0) is 0 Å². The second kappa shape index (κ2) is 5.80. The molecule has 5 heteroatoms. The number of benzene rings is 1. The highest BCUT2D eigenvalue weighted by molar-refractivity contribution is 6.21. The van der Waals surface area contributed by atoms with E-state index in [0.717, 1.165) is 11.8 Å². The number of anilines is 1. The summed E-state index contributed by atoms with van der Waals surface area (Å²) in [6.45, 7) is 1.81. The molecule has 1 aromatic carbocycles. The maximum absolute atomic E-state index is 13.5. The molecule has 19 heavy (non-hydrogen) atoms. The van der Waals surface area contributed by atoms with E-state index in [1.807, 2.05) is 12.1 Å². The molecule has 1 atom stereocenters. The molecule has 98 valence electrons. The average Bonchev–Trinajstić information content (AvgIpc) is 2.39. The minimum absolute atomic E-state index is 0.0490. The molecule has 2 rings (SSSR count). The first kappa shape index (κ1) is 13.5. The van der Waals surface area contributed by atoms with Gasteiger partial charge in [-0.15, -0.1) is 11.6 Å². The van der Waals surface area contributed by atoms with Crippen LogP contribution in [0.3, 0.4) is 0 Å². The summed E-state index contributed by atoms with van der Waals surface area (Å²) < 4.78 is 13.5. The number of halogens is 2. The monoisotopic (exact) mass is 278 g/mol. The number of aromatic nitrogens is 1. The molecule has 1 amide bonds. The molecular formula is C14H12ClFN2O. The summed E-state index contributed by atoms with van der Waals surface area (Å²) in [6, 6.07) is 8.48. The fraction of sp³-hybridized carbons (Fsp3) is 0.143. The van der Waals surface area contributed by atoms with E-state index in [9.17, 15) is 9.18 Å². The lowest BCUT2D eigenvalue weighted by Crippen LogP contribution is -2.15. The standard InChI is InChI=1S/C14H12ClFN2O/c1-9(15)10-4-2-3-5-13(10)18-14(19)11-6-7-17-8-12(11)16/h2-9H,1H3,(H,18,19). The quantitative estimate of drug-likeness (QED) is 0.868. The Hall–Kier alpha value is -1.94. The van der Waals surface area contributed by atoms with Crippen molar-refractivity contribution in [3.8, 4) is 0 Å². The van der Waals surface area contributed by atoms with Gasteiger partial charge in [0.05, 0.1) is 17.1 Å². The highest BCUT2D eigenvalue weighted by atomic mass is 35.5. The van der Waals surface area contributed by atoms with E-state index in [-0.39, 0.29) is 10.9 Å². The third-order valence-corrected chi connectivity index (χ3v) is 2.89. The molecule has 3 nitrogen and oxygen atoms in total. The molecule has 1 N–H and O–H groups in total. The van der Waals surface area contributed by atoms with Crippen LogP contribution in [0.15, 0.2) is 42.7 Å². The van der Waals surface area contributed by atoms with Crippen molar-refractivity contribution >= 4 is 23.2 Å². The Morgan fingerprint density at radius 3 is 2.79 bits per heavy atom. The van der Waals surface area contributed by atoms with Gasteiger partial charge in [0.25, 0.3) is 5.91 Å². The summed E-state index contributed by atoms with van der Waals surface area (Å²) in [7, 11) is 0. The average molecular weight is 279 g/mol. The van der Waals surface area contributed by atoms with E-state index in [4.69, 9.17) is 11.6 Å². The normalized spacial score (nSPS) is 11.9. The van der Waals surface area contributed by atoms with Crippen LogP contribution in [0.5, 0.6) is 0 Å². The number of rotatable bonds is 3. The Balaban J connectivity index is 2.27. The Bertz CT molecular complexity index is 602. The van der Waals surface area contributed by atoms with Gasteiger partial charge in [-0.2, -0.15) is 0 Å². The van der Waals surface area contributed by atoms with Gasteiger partial charge in [-0.3, -0.25) is 9.78 Å². The number of carbonyl (C=O) groups is 1. The third-order valence-electron chi connectivity index (χ3n) is 2.65. The van der Waals surface area contributed by atoms with Crippen LogP contribution in [-0.4, -0.2) is 10.9 Å². The summed E-state index contributed by atoms with van der Waals surface area (Å²) >= 11 is 6.03. The molecule has 0 saturated heterocycles. The van der Waals surface area contributed by atoms with Crippen molar-refractivity contribution in [2.45, 2.75) is 12.3 Å². The molecule has 1 heterocycles. The number of pyridine rings is 1. The van der Waals surface area contributed by atoms with Crippen molar-refractivity contribution in [1.82, 2.24) is 4.98 Å². The Morgan fingerprint density at radius 1 is 1.37 bits per heavy atom. The van der Waals surface area contributed by atoms with E-state index < -0.39 is 11.7 Å². The topological polar surface area (TPSA) is 42.0 Å². The van der Waals surface area contributed by atoms with E-state index in [2.05, 4.69) is 10.3 Å². The maximum Gasteiger partial charge on any atom is 0.258 e. The van der Waals surface area contributed by atoms with Crippen molar-refractivity contribution in [3.05, 3.63) is 59.7 Å². The van der Waals surface area contributed by atoms with Gasteiger partial charge in [0.15, 0.2) is 5.82 Å². The van der Waals surface area contributed by atoms with Crippen LogP contribution >= 0.6 is 11.6 Å². The number of alkyl halides is 1. The van der Waals surface area contributed by atoms with Gasteiger partial charge in [0.1, 0.15) is 0 Å². The summed E-state index contributed by atoms with van der Waals surface area (Å²) in [4.78, 5) is 15.6. The lowest BCUT2D eigenvalue weighted by atomic mass is 10.1. The van der Waals surface area contributed by atoms with Gasteiger partial charge < -0.3 is 5.32 Å². The highest BCUT2D eigenvalue weighted by Crippen LogP contribution is 2.27. The van der Waals surface area contributed by atoms with Gasteiger partial charge in [0, 0.05) is 11.9 Å². The first-order chi connectivity index (χ1) is 9.09. The largest absolute Gasteiger partial charge is 0.322 e. The third kappa shape index (κ3) is 3.09. The molecule has 0 fully saturated rings. The van der Waals surface area contributed by atoms with E-state index in [1.54, 1.807) is 19.1 Å². The molecule has 0 aliphatic carbocycles. The highest BCUT2D eigenvalue weighted by Gasteiger charge is 2.14. The summed E-state index contributed by atoms with van der Waals surface area (Å²) in [5.74, 6) is -1.18. The maximum atomic E-state index is 13.5. The number of carbonyl (C=O) groups excluding carboxylic acids is 1. The first-order valence-electron chi connectivity index (χ1n) is 5.73. The van der Waals surface area contributed by atoms with Crippen LogP contribution in [0.2, 0.25) is 0 Å². The minimum atomic E-state index is -0.656. The van der Waals surface area contributed by atoms with E-state index >= 15 is 0 Å². The van der Waals surface area contributed by atoms with Gasteiger partial charge in [0.2, 0.25) is 0 Å². The lowest BCUT2D eigenvalue weighted by molar-refractivity contribution is 0.102. The van der Waals surface area contributed by atoms with Crippen molar-refractivity contribution in [2.24, 2.45) is 0 Å². The molecule has 2 aromatic rings. The van der Waals surface area contributed by atoms with E-state index in [1.165, 1.54) is 12.3 Å². The van der Waals surface area contributed by atoms with Crippen molar-refractivity contribution < 1.29 is 9.18 Å². The smallest absolute Gasteiger partial charge is 0.258 e. The number of nitrogens with zero attached hydrogens (tertiary/aromatic N) is 1. The van der Waals surface area contributed by atoms with Crippen LogP contribution < -0.4 is 5.32 Å². The molecule has 0 saturated carbocycles. The SMILES string of the molecule is CC(Cl)c1ccccc1NC(=O)c1ccncc1F. The first-order valence-corrected chi connectivity index (χ1v) is 6.17. The molecule has 0 radical (unpaired) electrons. The van der Waals surface area contributed by atoms with Crippen molar-refractivity contribution in [2.75, 3.05) is 5.32 Å². The van der Waals surface area contributed by atoms with Crippen LogP contribution in [0, 0.1) is 5.82 Å². The van der Waals surface area contributed by atoms with Crippen molar-refractivity contribution in [1.29, 1.82) is 0 Å². The lowest BCUT2D eigenvalue weighted by Gasteiger charge is -2.12. The van der Waals surface area contributed by atoms with Gasteiger partial charge in [-0.05, 0) is 24.6 Å². The van der Waals surface area contributed by atoms with Gasteiger partial charge in [-0.25, -0.2) is 4.39 Å². The van der Waals surface area contributed by atoms with Gasteiger partial charge >= 0.3 is 0 Å². The number of nitrogens with one attached hydrogen (secondary N) is 1. The molecule has 0 aliphatic rings. The Kier molecular flexibility index (Phi) is 4.12. The second-order valence-electron chi connectivity index (χ2n) is 4.01. The molecule has 0 spiro atoms. The van der Waals surface area contributed by atoms with Crippen LogP contribution in [0.25, 0.3) is 0 Å². The van der Waals surface area contributed by atoms with Crippen LogP contribution in [0.1, 0.15) is 28.2 Å². The zero-order chi connectivity index (χ0) is 13.8. The summed E-state index contributed by atoms with van der Waals surface area (Å²) in [5, 5.41) is 2.41. The Morgan fingerprint density at radius 2 is 2.11 bits per heavy atom. The number of hydrogen-bond donors (Lipinski definition) is 1. The molecular weight excluding hydrogens is 267 g/mol. The zero-order valence-corrected chi connectivity index (χ0v) is 11.0. The molecule has 1 aromatic heterocycles.